The summed E-state index contributed by atoms with van der Waals surface area (Å²) in [5, 5.41) is 7.75. The number of nitrogens with zero attached hydrogens (tertiary/aromatic N) is 5. The van der Waals surface area contributed by atoms with Crippen molar-refractivity contribution in [2.45, 2.75) is 32.1 Å². The van der Waals surface area contributed by atoms with Crippen molar-refractivity contribution in [1.29, 1.82) is 0 Å². The van der Waals surface area contributed by atoms with Gasteiger partial charge in [-0.15, -0.1) is 5.10 Å². The summed E-state index contributed by atoms with van der Waals surface area (Å²) in [6.45, 7) is 9.85. The minimum atomic E-state index is -2.66. The van der Waals surface area contributed by atoms with Crippen molar-refractivity contribution in [1.82, 2.24) is 24.5 Å². The third-order valence-corrected chi connectivity index (χ3v) is 5.94. The minimum absolute atomic E-state index is 0.0638. The van der Waals surface area contributed by atoms with E-state index in [2.05, 4.69) is 33.5 Å². The number of likely N-dealkylation sites (tertiary alicyclic amines) is 1. The van der Waals surface area contributed by atoms with E-state index in [1.807, 2.05) is 17.0 Å². The Morgan fingerprint density at radius 3 is 2.67 bits per heavy atom. The molecule has 188 valence electrons. The highest BCUT2D eigenvalue weighted by atomic mass is 19.3. The molecule has 0 aliphatic carbocycles. The number of rotatable bonds is 8. The van der Waals surface area contributed by atoms with Crippen LogP contribution in [0.15, 0.2) is 73.7 Å². The lowest BCUT2D eigenvalue weighted by molar-refractivity contribution is -0.0450. The van der Waals surface area contributed by atoms with Crippen molar-refractivity contribution >= 4 is 28.3 Å². The average molecular weight is 499 g/mol. The zero-order valence-corrected chi connectivity index (χ0v) is 19.8. The van der Waals surface area contributed by atoms with Gasteiger partial charge in [-0.3, -0.25) is 4.98 Å². The van der Waals surface area contributed by atoms with E-state index in [1.165, 1.54) is 19.1 Å². The van der Waals surface area contributed by atoms with Crippen molar-refractivity contribution in [3.63, 3.8) is 0 Å². The maximum Gasteiger partial charge on any atom is 0.259 e. The van der Waals surface area contributed by atoms with E-state index >= 15 is 0 Å². The molecule has 0 unspecified atom stereocenters. The standard InChI is InChI=1S/C26H26F4N6/c1-17(23(27)28)6-4-7-18(2)24-33-25(22-8-5-13-36(22)34-24)32-21-9-12-31-16-20(21)19(3)35-14-10-26(29,30)11-15-35/h4-9,12-13,16,23H,2-3,10-11,14-15H2,1H3,(H,31,32,33,34)/b7-4-,17-6+. The first-order valence-corrected chi connectivity index (χ1v) is 11.4. The van der Waals surface area contributed by atoms with Gasteiger partial charge < -0.3 is 10.2 Å². The van der Waals surface area contributed by atoms with Crippen LogP contribution in [0.5, 0.6) is 0 Å². The molecule has 4 heterocycles. The molecule has 0 saturated carbocycles. The van der Waals surface area contributed by atoms with Crippen LogP contribution >= 0.6 is 0 Å². The molecule has 3 aromatic rings. The van der Waals surface area contributed by atoms with Crippen LogP contribution in [-0.2, 0) is 0 Å². The largest absolute Gasteiger partial charge is 0.371 e. The molecule has 0 bridgehead atoms. The molecular formula is C26H26F4N6. The second-order valence-electron chi connectivity index (χ2n) is 8.55. The van der Waals surface area contributed by atoms with Crippen LogP contribution in [0.1, 0.15) is 31.2 Å². The number of hydrogen-bond acceptors (Lipinski definition) is 5. The molecule has 10 heteroatoms. The van der Waals surface area contributed by atoms with Gasteiger partial charge >= 0.3 is 0 Å². The lowest BCUT2D eigenvalue weighted by Crippen LogP contribution is -2.38. The number of pyridine rings is 1. The van der Waals surface area contributed by atoms with Crippen molar-refractivity contribution in [3.05, 3.63) is 85.1 Å². The number of aromatic nitrogens is 4. The molecule has 1 fully saturated rings. The molecule has 1 saturated heterocycles. The number of allylic oxidation sites excluding steroid dienone is 5. The summed E-state index contributed by atoms with van der Waals surface area (Å²) in [6, 6.07) is 5.40. The third kappa shape index (κ3) is 5.64. The molecule has 1 N–H and O–H groups in total. The van der Waals surface area contributed by atoms with Crippen molar-refractivity contribution < 1.29 is 17.6 Å². The molecule has 1 aliphatic rings. The van der Waals surface area contributed by atoms with Gasteiger partial charge in [-0.05, 0) is 30.7 Å². The van der Waals surface area contributed by atoms with Gasteiger partial charge in [-0.2, -0.15) is 0 Å². The zero-order chi connectivity index (χ0) is 25.9. The van der Waals surface area contributed by atoms with Gasteiger partial charge in [0.1, 0.15) is 5.52 Å². The Bertz CT molecular complexity index is 1330. The maximum absolute atomic E-state index is 13.6. The van der Waals surface area contributed by atoms with Gasteiger partial charge in [-0.1, -0.05) is 31.4 Å². The van der Waals surface area contributed by atoms with Gasteiger partial charge in [0.15, 0.2) is 11.6 Å². The number of alkyl halides is 4. The summed E-state index contributed by atoms with van der Waals surface area (Å²) in [4.78, 5) is 10.6. The van der Waals surface area contributed by atoms with E-state index in [0.717, 1.165) is 0 Å². The van der Waals surface area contributed by atoms with Crippen LogP contribution in [0.3, 0.4) is 0 Å². The summed E-state index contributed by atoms with van der Waals surface area (Å²) in [6.07, 6.45) is 6.37. The number of fused-ring (bicyclic) bond motifs is 1. The Kier molecular flexibility index (Phi) is 7.23. The fourth-order valence-electron chi connectivity index (χ4n) is 3.76. The second kappa shape index (κ2) is 10.3. The Labute approximate surface area is 206 Å². The van der Waals surface area contributed by atoms with Gasteiger partial charge in [0.25, 0.3) is 12.3 Å². The molecule has 1 aliphatic heterocycles. The lowest BCUT2D eigenvalue weighted by Gasteiger charge is -2.35. The summed E-state index contributed by atoms with van der Waals surface area (Å²) < 4.78 is 54.3. The first kappa shape index (κ1) is 25.2. The van der Waals surface area contributed by atoms with Crippen molar-refractivity contribution in [2.24, 2.45) is 0 Å². The number of hydrogen-bond donors (Lipinski definition) is 1. The molecule has 0 radical (unpaired) electrons. The molecule has 4 rings (SSSR count). The fraction of sp³-hybridized carbons (Fsp3) is 0.269. The summed E-state index contributed by atoms with van der Waals surface area (Å²) in [7, 11) is 0. The number of nitrogens with one attached hydrogen (secondary N) is 1. The van der Waals surface area contributed by atoms with Crippen LogP contribution in [-0.4, -0.2) is 49.9 Å². The van der Waals surface area contributed by atoms with E-state index in [1.54, 1.807) is 35.2 Å². The van der Waals surface area contributed by atoms with Crippen LogP contribution in [0, 0.1) is 0 Å². The summed E-state index contributed by atoms with van der Waals surface area (Å²) >= 11 is 0. The fourth-order valence-corrected chi connectivity index (χ4v) is 3.76. The molecule has 0 aromatic carbocycles. The Morgan fingerprint density at radius 1 is 1.19 bits per heavy atom. The minimum Gasteiger partial charge on any atom is -0.371 e. The number of piperidine rings is 1. The Hall–Kier alpha value is -3.95. The van der Waals surface area contributed by atoms with Gasteiger partial charge in [0.05, 0.1) is 5.69 Å². The zero-order valence-electron chi connectivity index (χ0n) is 19.8. The Balaban J connectivity index is 1.62. The van der Waals surface area contributed by atoms with Crippen LogP contribution < -0.4 is 5.32 Å². The van der Waals surface area contributed by atoms with E-state index in [-0.39, 0.29) is 31.5 Å². The highest BCUT2D eigenvalue weighted by Gasteiger charge is 2.34. The number of halogens is 4. The van der Waals surface area contributed by atoms with Crippen molar-refractivity contribution in [2.75, 3.05) is 18.4 Å². The predicted octanol–water partition coefficient (Wildman–Crippen LogP) is 6.35. The highest BCUT2D eigenvalue weighted by molar-refractivity contribution is 5.81. The first-order valence-electron chi connectivity index (χ1n) is 11.4. The molecule has 0 atom stereocenters. The predicted molar refractivity (Wildman–Crippen MR) is 133 cm³/mol. The quantitative estimate of drug-likeness (QED) is 0.290. The monoisotopic (exact) mass is 498 g/mol. The van der Waals surface area contributed by atoms with Gasteiger partial charge in [-0.25, -0.2) is 27.1 Å². The van der Waals surface area contributed by atoms with Crippen molar-refractivity contribution in [3.8, 4) is 0 Å². The van der Waals surface area contributed by atoms with Gasteiger partial charge in [0.2, 0.25) is 0 Å². The summed E-state index contributed by atoms with van der Waals surface area (Å²) in [5.74, 6) is -1.88. The maximum atomic E-state index is 13.6. The molecule has 0 spiro atoms. The lowest BCUT2D eigenvalue weighted by atomic mass is 10.0. The first-order chi connectivity index (χ1) is 17.1. The average Bonchev–Trinajstić information content (AvgIpc) is 3.33. The van der Waals surface area contributed by atoms with E-state index in [0.29, 0.717) is 39.7 Å². The molecule has 6 nitrogen and oxygen atoms in total. The van der Waals surface area contributed by atoms with Gasteiger partial charge in [0, 0.05) is 61.4 Å². The summed E-state index contributed by atoms with van der Waals surface area (Å²) in [5.41, 5.74) is 2.97. The van der Waals surface area contributed by atoms with Crippen LogP contribution in [0.4, 0.5) is 29.1 Å². The van der Waals surface area contributed by atoms with E-state index in [9.17, 15) is 17.6 Å². The molecule has 3 aromatic heterocycles. The second-order valence-corrected chi connectivity index (χ2v) is 8.55. The normalized spacial score (nSPS) is 16.2. The van der Waals surface area contributed by atoms with Crippen LogP contribution in [0.2, 0.25) is 0 Å². The smallest absolute Gasteiger partial charge is 0.259 e. The molecule has 0 amide bonds. The van der Waals surface area contributed by atoms with Crippen LogP contribution in [0.25, 0.3) is 16.8 Å². The molecule has 36 heavy (non-hydrogen) atoms. The topological polar surface area (TPSA) is 58.4 Å². The Morgan fingerprint density at radius 2 is 1.94 bits per heavy atom. The highest BCUT2D eigenvalue weighted by Crippen LogP contribution is 2.34. The SMILES string of the molecule is C=C(/C=C\C=C(/C)C(F)F)c1nc(Nc2ccncc2C(=C)N2CCC(F)(F)CC2)c2cccn2n1. The van der Waals surface area contributed by atoms with E-state index < -0.39 is 12.3 Å². The molecular weight excluding hydrogens is 472 g/mol. The number of anilines is 2. The van der Waals surface area contributed by atoms with E-state index in [4.69, 9.17) is 0 Å². The third-order valence-electron chi connectivity index (χ3n) is 5.94.